The highest BCUT2D eigenvalue weighted by atomic mass is 15.2. The van der Waals surface area contributed by atoms with Gasteiger partial charge in [-0.2, -0.15) is 0 Å². The molecular weight excluding hydrogens is 260 g/mol. The van der Waals surface area contributed by atoms with E-state index in [0.29, 0.717) is 5.82 Å². The highest BCUT2D eigenvalue weighted by Crippen LogP contribution is 2.44. The number of aryl methyl sites for hydroxylation is 1. The minimum Gasteiger partial charge on any atom is -0.383 e. The summed E-state index contributed by atoms with van der Waals surface area (Å²) in [5.74, 6) is 1.48. The van der Waals surface area contributed by atoms with Crippen LogP contribution in [0.3, 0.4) is 0 Å². The molecule has 4 heteroatoms. The van der Waals surface area contributed by atoms with Gasteiger partial charge in [0.2, 0.25) is 0 Å². The fourth-order valence-corrected chi connectivity index (χ4v) is 3.80. The van der Waals surface area contributed by atoms with Gasteiger partial charge in [-0.1, -0.05) is 6.92 Å². The fraction of sp³-hybridized carbons (Fsp3) is 0.706. The van der Waals surface area contributed by atoms with Crippen LogP contribution in [0.4, 0.5) is 5.82 Å². The van der Waals surface area contributed by atoms with Gasteiger partial charge in [-0.25, -0.2) is 4.98 Å². The van der Waals surface area contributed by atoms with E-state index < -0.39 is 0 Å². The van der Waals surface area contributed by atoms with Crippen LogP contribution in [0.5, 0.6) is 0 Å². The first-order valence-electron chi connectivity index (χ1n) is 7.97. The fourth-order valence-electron chi connectivity index (χ4n) is 3.80. The summed E-state index contributed by atoms with van der Waals surface area (Å²) in [5.41, 5.74) is 8.61. The first kappa shape index (κ1) is 16.2. The van der Waals surface area contributed by atoms with E-state index in [9.17, 15) is 0 Å². The molecule has 0 bridgehead atoms. The molecule has 1 aliphatic carbocycles. The molecule has 0 saturated heterocycles. The first-order valence-corrected chi connectivity index (χ1v) is 7.97. The lowest BCUT2D eigenvalue weighted by Gasteiger charge is -2.50. The van der Waals surface area contributed by atoms with Crippen LogP contribution in [-0.4, -0.2) is 36.6 Å². The zero-order chi connectivity index (χ0) is 15.6. The van der Waals surface area contributed by atoms with Crippen LogP contribution in [0, 0.1) is 12.8 Å². The lowest BCUT2D eigenvalue weighted by molar-refractivity contribution is 0.0457. The number of anilines is 1. The van der Waals surface area contributed by atoms with Gasteiger partial charge in [0.15, 0.2) is 0 Å². The zero-order valence-electron chi connectivity index (χ0n) is 14.1. The third kappa shape index (κ3) is 3.06. The van der Waals surface area contributed by atoms with Crippen LogP contribution in [0.1, 0.15) is 49.8 Å². The third-order valence-corrected chi connectivity index (χ3v) is 5.25. The molecule has 4 nitrogen and oxygen atoms in total. The number of nitrogens with two attached hydrogens (primary N) is 1. The van der Waals surface area contributed by atoms with Gasteiger partial charge in [-0.05, 0) is 71.3 Å². The second-order valence-corrected chi connectivity index (χ2v) is 6.89. The van der Waals surface area contributed by atoms with E-state index in [2.05, 4.69) is 49.2 Å². The normalized spacial score (nSPS) is 27.8. The highest BCUT2D eigenvalue weighted by molar-refractivity contribution is 5.44. The monoisotopic (exact) mass is 290 g/mol. The van der Waals surface area contributed by atoms with Gasteiger partial charge < -0.3 is 16.0 Å². The van der Waals surface area contributed by atoms with Gasteiger partial charge in [-0.3, -0.25) is 0 Å². The van der Waals surface area contributed by atoms with E-state index in [1.165, 1.54) is 25.7 Å². The minimum atomic E-state index is 0.116. The van der Waals surface area contributed by atoms with Gasteiger partial charge in [-0.15, -0.1) is 0 Å². The SMILES string of the molecule is CNC(c1cc(C)cnc1N)C1(N(C)C)CCC(C)CC1. The molecule has 1 saturated carbocycles. The Hall–Kier alpha value is -1.13. The minimum absolute atomic E-state index is 0.116. The standard InChI is InChI=1S/C17H30N4/c1-12-6-8-17(9-7-12,21(4)5)15(19-3)14-10-13(2)11-20-16(14)18/h10-12,15,19H,6-9H2,1-5H3,(H2,18,20). The Morgan fingerprint density at radius 1 is 1.38 bits per heavy atom. The van der Waals surface area contributed by atoms with Crippen LogP contribution in [0.25, 0.3) is 0 Å². The van der Waals surface area contributed by atoms with Crippen LogP contribution >= 0.6 is 0 Å². The number of rotatable bonds is 4. The summed E-state index contributed by atoms with van der Waals surface area (Å²) in [5, 5.41) is 3.53. The average Bonchev–Trinajstić information content (AvgIpc) is 2.45. The van der Waals surface area contributed by atoms with Gasteiger partial charge >= 0.3 is 0 Å². The molecule has 118 valence electrons. The zero-order valence-corrected chi connectivity index (χ0v) is 14.1. The predicted molar refractivity (Wildman–Crippen MR) is 89.2 cm³/mol. The summed E-state index contributed by atoms with van der Waals surface area (Å²) in [4.78, 5) is 6.76. The topological polar surface area (TPSA) is 54.2 Å². The van der Waals surface area contributed by atoms with Crippen LogP contribution in [0.2, 0.25) is 0 Å². The molecule has 1 unspecified atom stereocenters. The third-order valence-electron chi connectivity index (χ3n) is 5.25. The number of pyridine rings is 1. The van der Waals surface area contributed by atoms with Crippen molar-refractivity contribution >= 4 is 5.82 Å². The molecule has 1 fully saturated rings. The molecule has 0 amide bonds. The Balaban J connectivity index is 2.43. The van der Waals surface area contributed by atoms with Crippen molar-refractivity contribution < 1.29 is 0 Å². The number of nitrogens with zero attached hydrogens (tertiary/aromatic N) is 2. The number of aromatic nitrogens is 1. The average molecular weight is 290 g/mol. The molecule has 0 aliphatic heterocycles. The summed E-state index contributed by atoms with van der Waals surface area (Å²) >= 11 is 0. The smallest absolute Gasteiger partial charge is 0.128 e. The molecule has 1 heterocycles. The van der Waals surface area contributed by atoms with Gasteiger partial charge in [0.05, 0.1) is 6.04 Å². The summed E-state index contributed by atoms with van der Waals surface area (Å²) in [6, 6.07) is 2.40. The van der Waals surface area contributed by atoms with Crippen molar-refractivity contribution in [3.05, 3.63) is 23.4 Å². The molecule has 1 aromatic heterocycles. The molecule has 0 radical (unpaired) electrons. The maximum atomic E-state index is 6.19. The maximum Gasteiger partial charge on any atom is 0.128 e. The van der Waals surface area contributed by atoms with E-state index in [0.717, 1.165) is 17.0 Å². The molecular formula is C17H30N4. The summed E-state index contributed by atoms with van der Waals surface area (Å²) in [7, 11) is 6.43. The number of hydrogen-bond acceptors (Lipinski definition) is 4. The van der Waals surface area contributed by atoms with Crippen molar-refractivity contribution in [2.75, 3.05) is 26.9 Å². The second kappa shape index (κ2) is 6.32. The molecule has 0 spiro atoms. The van der Waals surface area contributed by atoms with Crippen LogP contribution in [-0.2, 0) is 0 Å². The quantitative estimate of drug-likeness (QED) is 0.895. The number of likely N-dealkylation sites (N-methyl/N-ethyl adjacent to an activating group) is 2. The molecule has 1 aromatic rings. The van der Waals surface area contributed by atoms with Crippen molar-refractivity contribution in [1.82, 2.24) is 15.2 Å². The molecule has 21 heavy (non-hydrogen) atoms. The maximum absolute atomic E-state index is 6.19. The molecule has 1 aliphatic rings. The highest BCUT2D eigenvalue weighted by Gasteiger charge is 2.43. The molecule has 2 rings (SSSR count). The van der Waals surface area contributed by atoms with E-state index >= 15 is 0 Å². The largest absolute Gasteiger partial charge is 0.383 e. The molecule has 1 atom stereocenters. The second-order valence-electron chi connectivity index (χ2n) is 6.89. The Morgan fingerprint density at radius 2 is 2.00 bits per heavy atom. The lowest BCUT2D eigenvalue weighted by Crippen LogP contribution is -2.55. The van der Waals surface area contributed by atoms with Gasteiger partial charge in [0.25, 0.3) is 0 Å². The Bertz CT molecular complexity index is 476. The van der Waals surface area contributed by atoms with Crippen LogP contribution in [0.15, 0.2) is 12.3 Å². The van der Waals surface area contributed by atoms with Crippen molar-refractivity contribution in [3.63, 3.8) is 0 Å². The lowest BCUT2D eigenvalue weighted by atomic mass is 9.70. The van der Waals surface area contributed by atoms with E-state index in [1.807, 2.05) is 13.2 Å². The number of nitrogen functional groups attached to an aromatic ring is 1. The summed E-state index contributed by atoms with van der Waals surface area (Å²) in [6.45, 7) is 4.44. The summed E-state index contributed by atoms with van der Waals surface area (Å²) < 4.78 is 0. The molecule has 3 N–H and O–H groups in total. The number of nitrogens with one attached hydrogen (secondary N) is 1. The first-order chi connectivity index (χ1) is 9.90. The van der Waals surface area contributed by atoms with E-state index in [-0.39, 0.29) is 11.6 Å². The van der Waals surface area contributed by atoms with Crippen molar-refractivity contribution in [3.8, 4) is 0 Å². The number of hydrogen-bond donors (Lipinski definition) is 2. The van der Waals surface area contributed by atoms with E-state index in [1.54, 1.807) is 0 Å². The van der Waals surface area contributed by atoms with Crippen molar-refractivity contribution in [1.29, 1.82) is 0 Å². The summed E-state index contributed by atoms with van der Waals surface area (Å²) in [6.07, 6.45) is 6.78. The van der Waals surface area contributed by atoms with Crippen molar-refractivity contribution in [2.24, 2.45) is 5.92 Å². The molecule has 0 aromatic carbocycles. The van der Waals surface area contributed by atoms with Crippen LogP contribution < -0.4 is 11.1 Å². The predicted octanol–water partition coefficient (Wildman–Crippen LogP) is 2.74. The van der Waals surface area contributed by atoms with Crippen molar-refractivity contribution in [2.45, 2.75) is 51.1 Å². The Kier molecular flexibility index (Phi) is 4.89. The van der Waals surface area contributed by atoms with Gasteiger partial charge in [0.1, 0.15) is 5.82 Å². The van der Waals surface area contributed by atoms with Gasteiger partial charge in [0, 0.05) is 17.3 Å². The van der Waals surface area contributed by atoms with E-state index in [4.69, 9.17) is 5.73 Å². The Morgan fingerprint density at radius 3 is 2.52 bits per heavy atom. The Labute approximate surface area is 129 Å².